The van der Waals surface area contributed by atoms with Crippen molar-refractivity contribution in [3.05, 3.63) is 36.0 Å². The largest absolute Gasteiger partial charge is 0.421 e. The highest BCUT2D eigenvalue weighted by atomic mass is 19.4. The van der Waals surface area contributed by atoms with Gasteiger partial charge in [0.2, 0.25) is 5.95 Å². The fourth-order valence-corrected chi connectivity index (χ4v) is 2.55. The molecule has 2 heterocycles. The first-order chi connectivity index (χ1) is 12.0. The summed E-state index contributed by atoms with van der Waals surface area (Å²) in [6, 6.07) is 7.56. The van der Waals surface area contributed by atoms with Crippen LogP contribution in [0.4, 0.5) is 36.3 Å². The molecule has 9 heteroatoms. The van der Waals surface area contributed by atoms with E-state index in [1.165, 1.54) is 7.05 Å². The van der Waals surface area contributed by atoms with Crippen LogP contribution in [0.25, 0.3) is 0 Å². The van der Waals surface area contributed by atoms with Crippen molar-refractivity contribution in [2.45, 2.75) is 6.18 Å². The molecule has 0 spiro atoms. The zero-order valence-electron chi connectivity index (χ0n) is 13.6. The van der Waals surface area contributed by atoms with E-state index in [9.17, 15) is 13.2 Å². The molecule has 0 atom stereocenters. The lowest BCUT2D eigenvalue weighted by atomic mass is 10.2. The third kappa shape index (κ3) is 4.11. The van der Waals surface area contributed by atoms with Crippen molar-refractivity contribution in [2.75, 3.05) is 48.9 Å². The van der Waals surface area contributed by atoms with Crippen molar-refractivity contribution in [1.82, 2.24) is 9.97 Å². The molecule has 1 aliphatic heterocycles. The third-order valence-electron chi connectivity index (χ3n) is 3.83. The highest BCUT2D eigenvalue weighted by Crippen LogP contribution is 2.33. The molecule has 2 N–H and O–H groups in total. The van der Waals surface area contributed by atoms with E-state index < -0.39 is 11.7 Å². The molecule has 1 aromatic heterocycles. The molecule has 0 bridgehead atoms. The first-order valence-corrected chi connectivity index (χ1v) is 7.79. The zero-order valence-corrected chi connectivity index (χ0v) is 13.6. The van der Waals surface area contributed by atoms with E-state index in [1.807, 2.05) is 24.3 Å². The van der Waals surface area contributed by atoms with Gasteiger partial charge in [-0.3, -0.25) is 0 Å². The third-order valence-corrected chi connectivity index (χ3v) is 3.83. The molecular formula is C16H18F3N5O. The lowest BCUT2D eigenvalue weighted by Gasteiger charge is -2.28. The number of hydrogen-bond donors (Lipinski definition) is 2. The maximum atomic E-state index is 12.9. The normalized spacial score (nSPS) is 15.1. The van der Waals surface area contributed by atoms with Gasteiger partial charge in [0, 0.05) is 37.7 Å². The molecule has 134 valence electrons. The van der Waals surface area contributed by atoms with E-state index in [4.69, 9.17) is 4.74 Å². The Morgan fingerprint density at radius 1 is 1.12 bits per heavy atom. The molecule has 2 aromatic rings. The number of ether oxygens (including phenoxy) is 1. The number of morpholine rings is 1. The van der Waals surface area contributed by atoms with Gasteiger partial charge in [-0.15, -0.1) is 0 Å². The highest BCUT2D eigenvalue weighted by Gasteiger charge is 2.35. The van der Waals surface area contributed by atoms with Crippen LogP contribution < -0.4 is 15.5 Å². The van der Waals surface area contributed by atoms with Gasteiger partial charge in [-0.05, 0) is 24.3 Å². The van der Waals surface area contributed by atoms with Crippen molar-refractivity contribution < 1.29 is 17.9 Å². The lowest BCUT2D eigenvalue weighted by molar-refractivity contribution is -0.137. The van der Waals surface area contributed by atoms with Gasteiger partial charge in [0.15, 0.2) is 0 Å². The molecule has 6 nitrogen and oxygen atoms in total. The molecule has 1 fully saturated rings. The van der Waals surface area contributed by atoms with Crippen LogP contribution in [0.15, 0.2) is 30.5 Å². The lowest BCUT2D eigenvalue weighted by Crippen LogP contribution is -2.36. The summed E-state index contributed by atoms with van der Waals surface area (Å²) in [6.45, 7) is 3.07. The molecule has 0 saturated carbocycles. The Kier molecular flexibility index (Phi) is 4.93. The maximum Gasteiger partial charge on any atom is 0.421 e. The number of halogens is 3. The smallest absolute Gasteiger partial charge is 0.378 e. The molecule has 25 heavy (non-hydrogen) atoms. The average molecular weight is 353 g/mol. The number of nitrogens with one attached hydrogen (secondary N) is 2. The molecule has 1 saturated heterocycles. The van der Waals surface area contributed by atoms with Crippen LogP contribution in [0, 0.1) is 0 Å². The standard InChI is InChI=1S/C16H18F3N5O/c1-20-14-13(16(17,18)19)10-21-15(23-14)22-11-2-4-12(5-3-11)24-6-8-25-9-7-24/h2-5,10H,6-9H2,1H3,(H2,20,21,22,23). The van der Waals surface area contributed by atoms with Gasteiger partial charge in [0.05, 0.1) is 13.2 Å². The van der Waals surface area contributed by atoms with Gasteiger partial charge < -0.3 is 20.3 Å². The molecule has 1 aliphatic rings. The van der Waals surface area contributed by atoms with Crippen LogP contribution in [-0.2, 0) is 10.9 Å². The highest BCUT2D eigenvalue weighted by molar-refractivity contribution is 5.60. The SMILES string of the molecule is CNc1nc(Nc2ccc(N3CCOCC3)cc2)ncc1C(F)(F)F. The fourth-order valence-electron chi connectivity index (χ4n) is 2.55. The topological polar surface area (TPSA) is 62.3 Å². The fraction of sp³-hybridized carbons (Fsp3) is 0.375. The second kappa shape index (κ2) is 7.14. The minimum absolute atomic E-state index is 0.0940. The zero-order chi connectivity index (χ0) is 17.9. The number of hydrogen-bond acceptors (Lipinski definition) is 6. The first-order valence-electron chi connectivity index (χ1n) is 7.79. The van der Waals surface area contributed by atoms with Crippen molar-refractivity contribution >= 4 is 23.1 Å². The molecular weight excluding hydrogens is 335 g/mol. The predicted molar refractivity (Wildman–Crippen MR) is 89.3 cm³/mol. The van der Waals surface area contributed by atoms with Crippen LogP contribution in [-0.4, -0.2) is 43.3 Å². The van der Waals surface area contributed by atoms with Crippen molar-refractivity contribution in [2.24, 2.45) is 0 Å². The van der Waals surface area contributed by atoms with Gasteiger partial charge in [0.1, 0.15) is 11.4 Å². The van der Waals surface area contributed by atoms with Gasteiger partial charge in [-0.1, -0.05) is 0 Å². The van der Waals surface area contributed by atoms with Gasteiger partial charge >= 0.3 is 6.18 Å². The predicted octanol–water partition coefficient (Wildman–Crippen LogP) is 3.12. The van der Waals surface area contributed by atoms with Crippen LogP contribution >= 0.6 is 0 Å². The Labute approximate surface area is 143 Å². The number of benzene rings is 1. The van der Waals surface area contributed by atoms with E-state index >= 15 is 0 Å². The van der Waals surface area contributed by atoms with Crippen LogP contribution in [0.5, 0.6) is 0 Å². The Morgan fingerprint density at radius 3 is 2.40 bits per heavy atom. The summed E-state index contributed by atoms with van der Waals surface area (Å²) in [5.41, 5.74) is 0.861. The second-order valence-electron chi connectivity index (χ2n) is 5.47. The quantitative estimate of drug-likeness (QED) is 0.881. The number of rotatable bonds is 4. The van der Waals surface area contributed by atoms with E-state index in [1.54, 1.807) is 0 Å². The van der Waals surface area contributed by atoms with Crippen molar-refractivity contribution in [3.8, 4) is 0 Å². The number of anilines is 4. The van der Waals surface area contributed by atoms with Crippen LogP contribution in [0.1, 0.15) is 5.56 Å². The van der Waals surface area contributed by atoms with Crippen molar-refractivity contribution in [1.29, 1.82) is 0 Å². The van der Waals surface area contributed by atoms with Crippen LogP contribution in [0.2, 0.25) is 0 Å². The molecule has 0 amide bonds. The number of alkyl halides is 3. The Hall–Kier alpha value is -2.55. The second-order valence-corrected chi connectivity index (χ2v) is 5.47. The van der Waals surface area contributed by atoms with E-state index in [2.05, 4.69) is 25.5 Å². The van der Waals surface area contributed by atoms with Gasteiger partial charge in [0.25, 0.3) is 0 Å². The number of aromatic nitrogens is 2. The summed E-state index contributed by atoms with van der Waals surface area (Å²) < 4.78 is 43.9. The summed E-state index contributed by atoms with van der Waals surface area (Å²) in [6.07, 6.45) is -3.74. The molecule has 3 rings (SSSR count). The average Bonchev–Trinajstić information content (AvgIpc) is 2.62. The minimum Gasteiger partial charge on any atom is -0.378 e. The Morgan fingerprint density at radius 2 is 1.80 bits per heavy atom. The summed E-state index contributed by atoms with van der Waals surface area (Å²) in [7, 11) is 1.39. The first kappa shape index (κ1) is 17.3. The molecule has 0 radical (unpaired) electrons. The van der Waals surface area contributed by atoms with Gasteiger partial charge in [-0.25, -0.2) is 4.98 Å². The minimum atomic E-state index is -4.50. The Bertz CT molecular complexity index is 715. The maximum absolute atomic E-state index is 12.9. The summed E-state index contributed by atoms with van der Waals surface area (Å²) in [5.74, 6) is -0.175. The van der Waals surface area contributed by atoms with E-state index in [-0.39, 0.29) is 11.8 Å². The summed E-state index contributed by atoms with van der Waals surface area (Å²) in [4.78, 5) is 9.85. The Balaban J connectivity index is 1.73. The van der Waals surface area contributed by atoms with Crippen LogP contribution in [0.3, 0.4) is 0 Å². The monoisotopic (exact) mass is 353 g/mol. The summed E-state index contributed by atoms with van der Waals surface area (Å²) in [5, 5.41) is 5.37. The van der Waals surface area contributed by atoms with Crippen molar-refractivity contribution in [3.63, 3.8) is 0 Å². The summed E-state index contributed by atoms with van der Waals surface area (Å²) >= 11 is 0. The molecule has 1 aromatic carbocycles. The molecule has 0 unspecified atom stereocenters. The van der Waals surface area contributed by atoms with Gasteiger partial charge in [-0.2, -0.15) is 18.2 Å². The molecule has 0 aliphatic carbocycles. The van der Waals surface area contributed by atoms with E-state index in [0.29, 0.717) is 18.9 Å². The van der Waals surface area contributed by atoms with E-state index in [0.717, 1.165) is 25.0 Å². The number of nitrogens with zero attached hydrogens (tertiary/aromatic N) is 3.